The normalized spacial score (nSPS) is 18.0. The fourth-order valence-corrected chi connectivity index (χ4v) is 1.98. The van der Waals surface area contributed by atoms with Gasteiger partial charge in [0.25, 0.3) is 0 Å². The molecule has 0 amide bonds. The molecular formula is C11H19N3O. The Bertz CT molecular complexity index is 316. The summed E-state index contributed by atoms with van der Waals surface area (Å²) in [6.07, 6.45) is 4.38. The number of hydrogen-bond donors (Lipinski definition) is 1. The van der Waals surface area contributed by atoms with Crippen LogP contribution in [0, 0.1) is 12.8 Å². The zero-order chi connectivity index (χ0) is 10.7. The molecule has 1 saturated heterocycles. The quantitative estimate of drug-likeness (QED) is 0.821. The van der Waals surface area contributed by atoms with Gasteiger partial charge in [0.1, 0.15) is 0 Å². The lowest BCUT2D eigenvalue weighted by Gasteiger charge is -2.22. The maximum atomic E-state index is 5.34. The van der Waals surface area contributed by atoms with Crippen LogP contribution in [0.1, 0.15) is 18.5 Å². The van der Waals surface area contributed by atoms with E-state index in [1.165, 1.54) is 12.8 Å². The van der Waals surface area contributed by atoms with Crippen molar-refractivity contribution in [3.8, 4) is 0 Å². The van der Waals surface area contributed by atoms with Crippen molar-refractivity contribution in [1.29, 1.82) is 0 Å². The van der Waals surface area contributed by atoms with Gasteiger partial charge in [0, 0.05) is 33.0 Å². The summed E-state index contributed by atoms with van der Waals surface area (Å²) in [5.41, 5.74) is 2.23. The molecule has 1 N–H and O–H groups in total. The number of ether oxygens (including phenoxy) is 1. The number of nitrogens with one attached hydrogen (secondary N) is 1. The molecule has 0 unspecified atom stereocenters. The Kier molecular flexibility index (Phi) is 3.26. The first-order chi connectivity index (χ1) is 7.25. The number of hydrogen-bond acceptors (Lipinski definition) is 3. The maximum Gasteiger partial charge on any atom is 0.0824 e. The summed E-state index contributed by atoms with van der Waals surface area (Å²) in [4.78, 5) is 0. The number of anilines is 1. The van der Waals surface area contributed by atoms with Gasteiger partial charge in [-0.15, -0.1) is 0 Å². The largest absolute Gasteiger partial charge is 0.382 e. The zero-order valence-corrected chi connectivity index (χ0v) is 9.49. The highest BCUT2D eigenvalue weighted by Crippen LogP contribution is 2.17. The molecular weight excluding hydrogens is 190 g/mol. The van der Waals surface area contributed by atoms with E-state index in [0.29, 0.717) is 0 Å². The van der Waals surface area contributed by atoms with Gasteiger partial charge in [-0.1, -0.05) is 0 Å². The lowest BCUT2D eigenvalue weighted by molar-refractivity contribution is 0.0699. The molecule has 1 aliphatic heterocycles. The van der Waals surface area contributed by atoms with Gasteiger partial charge < -0.3 is 10.1 Å². The maximum absolute atomic E-state index is 5.34. The van der Waals surface area contributed by atoms with Crippen molar-refractivity contribution in [2.75, 3.05) is 25.1 Å². The summed E-state index contributed by atoms with van der Waals surface area (Å²) in [7, 11) is 1.95. The first-order valence-electron chi connectivity index (χ1n) is 5.57. The van der Waals surface area contributed by atoms with E-state index in [9.17, 15) is 0 Å². The molecule has 0 bridgehead atoms. The van der Waals surface area contributed by atoms with Crippen molar-refractivity contribution < 1.29 is 4.74 Å². The molecule has 0 saturated carbocycles. The van der Waals surface area contributed by atoms with Crippen LogP contribution in [0.5, 0.6) is 0 Å². The smallest absolute Gasteiger partial charge is 0.0824 e. The van der Waals surface area contributed by atoms with E-state index in [2.05, 4.69) is 10.4 Å². The molecule has 0 spiro atoms. The van der Waals surface area contributed by atoms with Gasteiger partial charge in [-0.05, 0) is 25.7 Å². The van der Waals surface area contributed by atoms with Crippen molar-refractivity contribution in [3.05, 3.63) is 11.9 Å². The van der Waals surface area contributed by atoms with Crippen LogP contribution >= 0.6 is 0 Å². The summed E-state index contributed by atoms with van der Waals surface area (Å²) in [5.74, 6) is 0.748. The van der Waals surface area contributed by atoms with E-state index in [4.69, 9.17) is 4.74 Å². The summed E-state index contributed by atoms with van der Waals surface area (Å²) in [5, 5.41) is 7.77. The molecule has 0 aromatic carbocycles. The summed E-state index contributed by atoms with van der Waals surface area (Å²) < 4.78 is 7.18. The highest BCUT2D eigenvalue weighted by Gasteiger charge is 2.14. The lowest BCUT2D eigenvalue weighted by atomic mass is 10.0. The third-order valence-corrected chi connectivity index (χ3v) is 2.94. The second-order valence-electron chi connectivity index (χ2n) is 4.24. The minimum Gasteiger partial charge on any atom is -0.382 e. The van der Waals surface area contributed by atoms with Crippen molar-refractivity contribution in [1.82, 2.24) is 9.78 Å². The first-order valence-corrected chi connectivity index (χ1v) is 5.57. The average molecular weight is 209 g/mol. The molecule has 84 valence electrons. The Labute approximate surface area is 90.6 Å². The van der Waals surface area contributed by atoms with E-state index in [1.54, 1.807) is 0 Å². The van der Waals surface area contributed by atoms with Gasteiger partial charge in [-0.25, -0.2) is 0 Å². The SMILES string of the molecule is Cc1nn(C)cc1NCC1CCOCC1. The Morgan fingerprint density at radius 3 is 2.87 bits per heavy atom. The van der Waals surface area contributed by atoms with Crippen LogP contribution in [0.4, 0.5) is 5.69 Å². The third kappa shape index (κ3) is 2.72. The van der Waals surface area contributed by atoms with E-state index in [1.807, 2.05) is 24.9 Å². The van der Waals surface area contributed by atoms with Gasteiger partial charge in [0.05, 0.1) is 11.4 Å². The summed E-state index contributed by atoms with van der Waals surface area (Å²) in [6, 6.07) is 0. The van der Waals surface area contributed by atoms with Crippen LogP contribution in [0.25, 0.3) is 0 Å². The topological polar surface area (TPSA) is 39.1 Å². The molecule has 1 aromatic rings. The molecule has 2 rings (SSSR count). The highest BCUT2D eigenvalue weighted by molar-refractivity contribution is 5.45. The van der Waals surface area contributed by atoms with Gasteiger partial charge in [0.2, 0.25) is 0 Å². The van der Waals surface area contributed by atoms with Crippen LogP contribution in [0.15, 0.2) is 6.20 Å². The van der Waals surface area contributed by atoms with E-state index in [-0.39, 0.29) is 0 Å². The van der Waals surface area contributed by atoms with E-state index >= 15 is 0 Å². The van der Waals surface area contributed by atoms with E-state index in [0.717, 1.165) is 37.1 Å². The second-order valence-corrected chi connectivity index (χ2v) is 4.24. The number of nitrogens with zero attached hydrogens (tertiary/aromatic N) is 2. The average Bonchev–Trinajstić information content (AvgIpc) is 2.56. The summed E-state index contributed by atoms with van der Waals surface area (Å²) >= 11 is 0. The van der Waals surface area contributed by atoms with Crippen molar-refractivity contribution in [2.45, 2.75) is 19.8 Å². The second kappa shape index (κ2) is 4.66. The van der Waals surface area contributed by atoms with Crippen LogP contribution in [0.2, 0.25) is 0 Å². The first kappa shape index (κ1) is 10.5. The molecule has 1 aliphatic rings. The van der Waals surface area contributed by atoms with Gasteiger partial charge in [-0.3, -0.25) is 4.68 Å². The minimum absolute atomic E-state index is 0.748. The minimum atomic E-state index is 0.748. The molecule has 0 radical (unpaired) electrons. The van der Waals surface area contributed by atoms with Crippen LogP contribution in [-0.4, -0.2) is 29.5 Å². The van der Waals surface area contributed by atoms with Gasteiger partial charge >= 0.3 is 0 Å². The molecule has 2 heterocycles. The standard InChI is InChI=1S/C11H19N3O/c1-9-11(8-14(2)13-9)12-7-10-3-5-15-6-4-10/h8,10,12H,3-7H2,1-2H3. The Morgan fingerprint density at radius 2 is 2.27 bits per heavy atom. The number of aryl methyl sites for hydroxylation is 2. The lowest BCUT2D eigenvalue weighted by Crippen LogP contribution is -2.22. The monoisotopic (exact) mass is 209 g/mol. The Balaban J connectivity index is 1.84. The molecule has 0 aliphatic carbocycles. The Hall–Kier alpha value is -1.03. The summed E-state index contributed by atoms with van der Waals surface area (Å²) in [6.45, 7) is 4.90. The zero-order valence-electron chi connectivity index (χ0n) is 9.49. The van der Waals surface area contributed by atoms with Crippen LogP contribution in [-0.2, 0) is 11.8 Å². The van der Waals surface area contributed by atoms with E-state index < -0.39 is 0 Å². The predicted molar refractivity (Wildman–Crippen MR) is 60.0 cm³/mol. The molecule has 15 heavy (non-hydrogen) atoms. The molecule has 4 heteroatoms. The fraction of sp³-hybridized carbons (Fsp3) is 0.727. The van der Waals surface area contributed by atoms with Crippen molar-refractivity contribution >= 4 is 5.69 Å². The highest BCUT2D eigenvalue weighted by atomic mass is 16.5. The number of rotatable bonds is 3. The number of aromatic nitrogens is 2. The van der Waals surface area contributed by atoms with Gasteiger partial charge in [0.15, 0.2) is 0 Å². The Morgan fingerprint density at radius 1 is 1.53 bits per heavy atom. The van der Waals surface area contributed by atoms with Crippen molar-refractivity contribution in [2.24, 2.45) is 13.0 Å². The van der Waals surface area contributed by atoms with Crippen LogP contribution in [0.3, 0.4) is 0 Å². The molecule has 0 atom stereocenters. The molecule has 1 fully saturated rings. The van der Waals surface area contributed by atoms with Crippen molar-refractivity contribution in [3.63, 3.8) is 0 Å². The predicted octanol–water partition coefficient (Wildman–Crippen LogP) is 1.57. The fourth-order valence-electron chi connectivity index (χ4n) is 1.98. The van der Waals surface area contributed by atoms with Crippen LogP contribution < -0.4 is 5.32 Å². The molecule has 1 aromatic heterocycles. The van der Waals surface area contributed by atoms with Gasteiger partial charge in [-0.2, -0.15) is 5.10 Å². The third-order valence-electron chi connectivity index (χ3n) is 2.94. The molecule has 4 nitrogen and oxygen atoms in total.